The molecule has 0 fully saturated rings. The number of hydrogen-bond acceptors (Lipinski definition) is 4. The molecule has 24 heavy (non-hydrogen) atoms. The van der Waals surface area contributed by atoms with Crippen molar-refractivity contribution in [1.29, 1.82) is 0 Å². The van der Waals surface area contributed by atoms with Gasteiger partial charge in [0.25, 0.3) is 0 Å². The maximum absolute atomic E-state index is 13.6. The molecule has 0 aliphatic heterocycles. The quantitative estimate of drug-likeness (QED) is 0.409. The number of alkyl halides is 7. The fraction of sp³-hybridized carbons (Fsp3) is 0.692. The van der Waals surface area contributed by atoms with Gasteiger partial charge in [0.15, 0.2) is 0 Å². The molecule has 1 atom stereocenters. The van der Waals surface area contributed by atoms with Gasteiger partial charge in [-0.05, 0) is 13.8 Å². The summed E-state index contributed by atoms with van der Waals surface area (Å²) in [6.07, 6.45) is -8.27. The number of hydrogen-bond donors (Lipinski definition) is 0. The molecule has 4 nitrogen and oxygen atoms in total. The average molecular weight is 368 g/mol. The smallest absolute Gasteiger partial charge is 0.459 e. The Labute approximate surface area is 132 Å². The Morgan fingerprint density at radius 3 is 1.75 bits per heavy atom. The summed E-state index contributed by atoms with van der Waals surface area (Å²) < 4.78 is 98.3. The van der Waals surface area contributed by atoms with E-state index in [1.54, 1.807) is 0 Å². The van der Waals surface area contributed by atoms with E-state index < -0.39 is 47.4 Å². The number of carbonyl (C=O) groups excluding carboxylic acids is 2. The van der Waals surface area contributed by atoms with Gasteiger partial charge in [0, 0.05) is 12.0 Å². The van der Waals surface area contributed by atoms with E-state index in [4.69, 9.17) is 0 Å². The molecule has 0 saturated heterocycles. The lowest BCUT2D eigenvalue weighted by molar-refractivity contribution is -0.358. The van der Waals surface area contributed by atoms with Crippen LogP contribution in [0, 0.1) is 5.41 Å². The van der Waals surface area contributed by atoms with E-state index in [-0.39, 0.29) is 0 Å². The lowest BCUT2D eigenvalue weighted by atomic mass is 9.80. The molecule has 0 radical (unpaired) electrons. The minimum atomic E-state index is -6.53. The van der Waals surface area contributed by atoms with Crippen molar-refractivity contribution in [3.8, 4) is 0 Å². The highest BCUT2D eigenvalue weighted by atomic mass is 19.4. The van der Waals surface area contributed by atoms with Gasteiger partial charge in [-0.15, -0.1) is 0 Å². The third-order valence-corrected chi connectivity index (χ3v) is 3.10. The second kappa shape index (κ2) is 6.98. The first-order valence-corrected chi connectivity index (χ1v) is 6.24. The van der Waals surface area contributed by atoms with E-state index in [2.05, 4.69) is 9.47 Å². The number of halogens is 7. The van der Waals surface area contributed by atoms with Crippen molar-refractivity contribution in [2.45, 2.75) is 38.3 Å². The molecule has 0 bridgehead atoms. The molecule has 0 rings (SSSR count). The highest BCUT2D eigenvalue weighted by Gasteiger charge is 2.74. The van der Waals surface area contributed by atoms with Crippen LogP contribution < -0.4 is 0 Å². The SMILES string of the molecule is COC(=O)/C(C)=C/C(C)(CC(F)(F)C(F)(F)C(F)(F)F)C(=O)OC. The van der Waals surface area contributed by atoms with E-state index in [0.29, 0.717) is 13.0 Å². The fourth-order valence-electron chi connectivity index (χ4n) is 1.89. The van der Waals surface area contributed by atoms with Gasteiger partial charge in [-0.2, -0.15) is 30.7 Å². The van der Waals surface area contributed by atoms with E-state index >= 15 is 0 Å². The Hall–Kier alpha value is -1.81. The second-order valence-electron chi connectivity index (χ2n) is 5.18. The molecule has 0 spiro atoms. The number of carbonyl (C=O) groups is 2. The summed E-state index contributed by atoms with van der Waals surface area (Å²) in [5, 5.41) is 0. The van der Waals surface area contributed by atoms with E-state index in [1.807, 2.05) is 0 Å². The maximum Gasteiger partial charge on any atom is 0.459 e. The molecule has 0 aliphatic carbocycles. The number of esters is 2. The van der Waals surface area contributed by atoms with Crippen LogP contribution >= 0.6 is 0 Å². The molecule has 1 unspecified atom stereocenters. The number of methoxy groups -OCH3 is 2. The van der Waals surface area contributed by atoms with Crippen LogP contribution in [0.1, 0.15) is 20.3 Å². The van der Waals surface area contributed by atoms with Crippen LogP contribution in [-0.2, 0) is 19.1 Å². The Kier molecular flexibility index (Phi) is 6.45. The first kappa shape index (κ1) is 22.2. The Bertz CT molecular complexity index is 525. The molecule has 0 aliphatic rings. The molecule has 0 heterocycles. The normalized spacial score (nSPS) is 16.4. The van der Waals surface area contributed by atoms with Gasteiger partial charge in [0.05, 0.1) is 19.6 Å². The average Bonchev–Trinajstić information content (AvgIpc) is 2.43. The highest BCUT2D eigenvalue weighted by Crippen LogP contribution is 2.51. The van der Waals surface area contributed by atoms with Gasteiger partial charge in [0.2, 0.25) is 0 Å². The standard InChI is InChI=1S/C13H15F7O4/c1-7(8(21)23-3)5-10(2,9(22)24-4)6-11(14,15)12(16,17)13(18,19)20/h5H,6H2,1-4H3/b7-5+. The zero-order valence-corrected chi connectivity index (χ0v) is 13.1. The highest BCUT2D eigenvalue weighted by molar-refractivity contribution is 5.89. The van der Waals surface area contributed by atoms with Crippen molar-refractivity contribution in [3.05, 3.63) is 11.6 Å². The van der Waals surface area contributed by atoms with Crippen LogP contribution in [0.15, 0.2) is 11.6 Å². The molecule has 0 saturated carbocycles. The van der Waals surface area contributed by atoms with Crippen LogP contribution in [-0.4, -0.2) is 44.2 Å². The summed E-state index contributed by atoms with van der Waals surface area (Å²) in [6.45, 7) is 1.65. The fourth-order valence-corrected chi connectivity index (χ4v) is 1.89. The largest absolute Gasteiger partial charge is 0.468 e. The lowest BCUT2D eigenvalue weighted by Crippen LogP contribution is -2.54. The van der Waals surface area contributed by atoms with Crippen LogP contribution in [0.25, 0.3) is 0 Å². The van der Waals surface area contributed by atoms with Gasteiger partial charge in [-0.1, -0.05) is 6.08 Å². The molecular weight excluding hydrogens is 353 g/mol. The Balaban J connectivity index is 5.99. The van der Waals surface area contributed by atoms with Crippen LogP contribution in [0.4, 0.5) is 30.7 Å². The maximum atomic E-state index is 13.6. The van der Waals surface area contributed by atoms with Gasteiger partial charge < -0.3 is 9.47 Å². The van der Waals surface area contributed by atoms with Crippen LogP contribution in [0.2, 0.25) is 0 Å². The minimum Gasteiger partial charge on any atom is -0.468 e. The van der Waals surface area contributed by atoms with E-state index in [9.17, 15) is 40.3 Å². The first-order chi connectivity index (χ1) is 10.6. The van der Waals surface area contributed by atoms with Gasteiger partial charge in [-0.3, -0.25) is 4.79 Å². The Morgan fingerprint density at radius 2 is 1.42 bits per heavy atom. The predicted molar refractivity (Wildman–Crippen MR) is 66.5 cm³/mol. The zero-order chi connectivity index (χ0) is 19.6. The monoisotopic (exact) mass is 368 g/mol. The summed E-state index contributed by atoms with van der Waals surface area (Å²) in [4.78, 5) is 22.9. The summed E-state index contributed by atoms with van der Waals surface area (Å²) in [5.41, 5.74) is -3.08. The van der Waals surface area contributed by atoms with Gasteiger partial charge in [-0.25, -0.2) is 4.79 Å². The molecule has 0 aromatic rings. The first-order valence-electron chi connectivity index (χ1n) is 6.24. The van der Waals surface area contributed by atoms with Crippen LogP contribution in [0.5, 0.6) is 0 Å². The number of rotatable bonds is 6. The molecule has 0 aromatic carbocycles. The molecule has 140 valence electrons. The van der Waals surface area contributed by atoms with Crippen molar-refractivity contribution in [3.63, 3.8) is 0 Å². The zero-order valence-electron chi connectivity index (χ0n) is 13.1. The van der Waals surface area contributed by atoms with Crippen molar-refractivity contribution in [2.75, 3.05) is 14.2 Å². The topological polar surface area (TPSA) is 52.6 Å². The summed E-state index contributed by atoms with van der Waals surface area (Å²) >= 11 is 0. The predicted octanol–water partition coefficient (Wildman–Crippen LogP) is 3.51. The lowest BCUT2D eigenvalue weighted by Gasteiger charge is -2.33. The molecule has 0 N–H and O–H groups in total. The van der Waals surface area contributed by atoms with Gasteiger partial charge >= 0.3 is 30.0 Å². The van der Waals surface area contributed by atoms with Crippen molar-refractivity contribution >= 4 is 11.9 Å². The van der Waals surface area contributed by atoms with Crippen molar-refractivity contribution < 1.29 is 49.8 Å². The molecule has 0 aromatic heterocycles. The van der Waals surface area contributed by atoms with Crippen molar-refractivity contribution in [1.82, 2.24) is 0 Å². The van der Waals surface area contributed by atoms with Crippen LogP contribution in [0.3, 0.4) is 0 Å². The van der Waals surface area contributed by atoms with E-state index in [1.165, 1.54) is 0 Å². The summed E-state index contributed by atoms with van der Waals surface area (Å²) in [7, 11) is 1.64. The Morgan fingerprint density at radius 1 is 0.958 bits per heavy atom. The minimum absolute atomic E-state index is 0.448. The third-order valence-electron chi connectivity index (χ3n) is 3.10. The summed E-state index contributed by atoms with van der Waals surface area (Å²) in [6, 6.07) is 0. The van der Waals surface area contributed by atoms with Gasteiger partial charge in [0.1, 0.15) is 0 Å². The van der Waals surface area contributed by atoms with Crippen molar-refractivity contribution in [2.24, 2.45) is 5.41 Å². The number of ether oxygens (including phenoxy) is 2. The van der Waals surface area contributed by atoms with E-state index in [0.717, 1.165) is 21.1 Å². The molecular formula is C13H15F7O4. The third kappa shape index (κ3) is 4.38. The summed E-state index contributed by atoms with van der Waals surface area (Å²) in [5.74, 6) is -14.6. The molecule has 0 amide bonds. The molecule has 11 heteroatoms. The second-order valence-corrected chi connectivity index (χ2v) is 5.18.